The van der Waals surface area contributed by atoms with Crippen LogP contribution >= 0.6 is 23.2 Å². The number of fused-ring (bicyclic) bond motifs is 1. The molecule has 1 N–H and O–H groups in total. The van der Waals surface area contributed by atoms with Crippen molar-refractivity contribution in [2.24, 2.45) is 28.7 Å². The predicted octanol–water partition coefficient (Wildman–Crippen LogP) is 2.91. The van der Waals surface area contributed by atoms with Crippen LogP contribution in [0.4, 0.5) is 0 Å². The van der Waals surface area contributed by atoms with Crippen LogP contribution in [0.3, 0.4) is 0 Å². The van der Waals surface area contributed by atoms with E-state index in [0.717, 1.165) is 25.7 Å². The molecule has 5 atom stereocenters. The molecule has 172 valence electrons. The number of carbonyl (C=O) groups is 4. The van der Waals surface area contributed by atoms with Crippen LogP contribution in [0.25, 0.3) is 0 Å². The third-order valence-electron chi connectivity index (χ3n) is 7.20. The summed E-state index contributed by atoms with van der Waals surface area (Å²) < 4.78 is -1.06. The molecule has 3 amide bonds. The Kier molecular flexibility index (Phi) is 7.47. The van der Waals surface area contributed by atoms with Gasteiger partial charge in [0.25, 0.3) is 0 Å². The summed E-state index contributed by atoms with van der Waals surface area (Å²) in [5.41, 5.74) is 0. The lowest BCUT2D eigenvalue weighted by Gasteiger charge is -2.35. The maximum atomic E-state index is 13.4. The lowest BCUT2D eigenvalue weighted by Crippen LogP contribution is -2.55. The van der Waals surface area contributed by atoms with Gasteiger partial charge in [-0.05, 0) is 31.9 Å². The van der Waals surface area contributed by atoms with Gasteiger partial charge in [-0.25, -0.2) is 4.99 Å². The molecule has 7 nitrogen and oxygen atoms in total. The first kappa shape index (κ1) is 24.2. The number of piperidine rings is 1. The molecule has 0 aromatic heterocycles. The SMILES string of the molecule is C=NC(=O)C(=O)C(CCC)NC(=O)[C@@H]1[C@@H]2[C@H](CN1C(=O)[C@@H](C)C1CCCCC1)C2(Cl)Cl. The Bertz CT molecular complexity index is 766. The molecule has 2 saturated carbocycles. The summed E-state index contributed by atoms with van der Waals surface area (Å²) in [6.07, 6.45) is 6.33. The summed E-state index contributed by atoms with van der Waals surface area (Å²) in [6.45, 7) is 7.20. The Morgan fingerprint density at radius 2 is 1.84 bits per heavy atom. The first-order valence-electron chi connectivity index (χ1n) is 11.2. The molecule has 1 heterocycles. The number of halogens is 2. The number of aliphatic imine (C=N–C) groups is 1. The molecule has 0 spiro atoms. The van der Waals surface area contributed by atoms with Crippen molar-refractivity contribution in [2.75, 3.05) is 6.54 Å². The molecule has 9 heteroatoms. The molecule has 1 saturated heterocycles. The number of alkyl halides is 2. The summed E-state index contributed by atoms with van der Waals surface area (Å²) >= 11 is 12.8. The van der Waals surface area contributed by atoms with Gasteiger partial charge in [0.1, 0.15) is 10.4 Å². The van der Waals surface area contributed by atoms with E-state index in [1.165, 1.54) is 6.42 Å². The lowest BCUT2D eigenvalue weighted by molar-refractivity contribution is -0.145. The predicted molar refractivity (Wildman–Crippen MR) is 119 cm³/mol. The molecule has 0 radical (unpaired) electrons. The lowest BCUT2D eigenvalue weighted by atomic mass is 9.80. The first-order chi connectivity index (χ1) is 14.6. The number of nitrogens with zero attached hydrogens (tertiary/aromatic N) is 2. The molecular weight excluding hydrogens is 441 g/mol. The number of rotatable bonds is 8. The Morgan fingerprint density at radius 1 is 1.19 bits per heavy atom. The van der Waals surface area contributed by atoms with Crippen LogP contribution in [0.15, 0.2) is 4.99 Å². The highest BCUT2D eigenvalue weighted by Crippen LogP contribution is 2.65. The van der Waals surface area contributed by atoms with Gasteiger partial charge in [-0.1, -0.05) is 39.5 Å². The standard InChI is InChI=1S/C22H31Cl2N3O4/c1-4-8-15(18(28)20(30)25-3)26-19(29)17-16-14(22(16,23)24)11-27(17)21(31)12(2)13-9-6-5-7-10-13/h12-17H,3-11H2,1-2H3,(H,26,29)/t12-,14-,15?,16-,17-/m0/s1. The number of hydrogen-bond acceptors (Lipinski definition) is 4. The van der Waals surface area contributed by atoms with Gasteiger partial charge in [-0.15, -0.1) is 23.2 Å². The van der Waals surface area contributed by atoms with Gasteiger partial charge >= 0.3 is 5.91 Å². The number of likely N-dealkylation sites (tertiary alicyclic amines) is 1. The van der Waals surface area contributed by atoms with E-state index >= 15 is 0 Å². The van der Waals surface area contributed by atoms with Crippen molar-refractivity contribution >= 4 is 53.4 Å². The molecule has 2 aliphatic carbocycles. The monoisotopic (exact) mass is 471 g/mol. The van der Waals surface area contributed by atoms with Crippen LogP contribution in [-0.4, -0.2) is 58.1 Å². The second-order valence-electron chi connectivity index (χ2n) is 9.11. The molecule has 0 bridgehead atoms. The molecule has 3 aliphatic rings. The fourth-order valence-corrected chi connectivity index (χ4v) is 6.10. The number of hydrogen-bond donors (Lipinski definition) is 1. The van der Waals surface area contributed by atoms with Gasteiger partial charge in [0, 0.05) is 24.3 Å². The van der Waals surface area contributed by atoms with Crippen molar-refractivity contribution in [1.29, 1.82) is 0 Å². The fourth-order valence-electron chi connectivity index (χ4n) is 5.27. The average Bonchev–Trinajstić information content (AvgIpc) is 3.11. The molecule has 3 fully saturated rings. The third kappa shape index (κ3) is 4.68. The van der Waals surface area contributed by atoms with E-state index in [9.17, 15) is 19.2 Å². The van der Waals surface area contributed by atoms with E-state index in [1.807, 2.05) is 13.8 Å². The molecular formula is C22H31Cl2N3O4. The van der Waals surface area contributed by atoms with E-state index in [-0.39, 0.29) is 30.1 Å². The van der Waals surface area contributed by atoms with Crippen LogP contribution in [0.5, 0.6) is 0 Å². The Balaban J connectivity index is 1.77. The van der Waals surface area contributed by atoms with Crippen molar-refractivity contribution < 1.29 is 19.2 Å². The van der Waals surface area contributed by atoms with Gasteiger partial charge < -0.3 is 10.2 Å². The Hall–Kier alpha value is -1.47. The van der Waals surface area contributed by atoms with Crippen molar-refractivity contribution in [2.45, 2.75) is 75.2 Å². The number of carbonyl (C=O) groups excluding carboxylic acids is 4. The average molecular weight is 472 g/mol. The Labute approximate surface area is 193 Å². The molecule has 0 aromatic rings. The molecule has 0 aromatic carbocycles. The number of ketones is 1. The fraction of sp³-hybridized carbons (Fsp3) is 0.773. The highest BCUT2D eigenvalue weighted by Gasteiger charge is 2.74. The molecule has 1 unspecified atom stereocenters. The zero-order chi connectivity index (χ0) is 22.9. The van der Waals surface area contributed by atoms with E-state index in [0.29, 0.717) is 18.9 Å². The van der Waals surface area contributed by atoms with Crippen LogP contribution in [0.1, 0.15) is 58.8 Å². The second kappa shape index (κ2) is 9.57. The third-order valence-corrected chi connectivity index (χ3v) is 8.26. The summed E-state index contributed by atoms with van der Waals surface area (Å²) in [7, 11) is 0. The van der Waals surface area contributed by atoms with Gasteiger partial charge in [-0.2, -0.15) is 0 Å². The van der Waals surface area contributed by atoms with E-state index in [4.69, 9.17) is 23.2 Å². The van der Waals surface area contributed by atoms with Crippen LogP contribution in [0, 0.1) is 23.7 Å². The first-order valence-corrected chi connectivity index (χ1v) is 11.9. The molecule has 3 rings (SSSR count). The quantitative estimate of drug-likeness (QED) is 0.334. The minimum Gasteiger partial charge on any atom is -0.344 e. The topological polar surface area (TPSA) is 95.9 Å². The van der Waals surface area contributed by atoms with Gasteiger partial charge in [0.2, 0.25) is 17.6 Å². The van der Waals surface area contributed by atoms with Gasteiger partial charge in [0.05, 0.1) is 6.04 Å². The highest BCUT2D eigenvalue weighted by atomic mass is 35.5. The smallest absolute Gasteiger partial charge is 0.314 e. The van der Waals surface area contributed by atoms with E-state index < -0.39 is 34.0 Å². The van der Waals surface area contributed by atoms with Crippen molar-refractivity contribution in [3.05, 3.63) is 0 Å². The highest BCUT2D eigenvalue weighted by molar-refractivity contribution is 6.51. The molecule has 1 aliphatic heterocycles. The van der Waals surface area contributed by atoms with Gasteiger partial charge in [-0.3, -0.25) is 19.2 Å². The Morgan fingerprint density at radius 3 is 2.42 bits per heavy atom. The van der Waals surface area contributed by atoms with Crippen molar-refractivity contribution in [3.8, 4) is 0 Å². The van der Waals surface area contributed by atoms with Crippen LogP contribution < -0.4 is 5.32 Å². The normalized spacial score (nSPS) is 28.9. The summed E-state index contributed by atoms with van der Waals surface area (Å²) in [6, 6.07) is -1.86. The molecule has 31 heavy (non-hydrogen) atoms. The van der Waals surface area contributed by atoms with Gasteiger partial charge in [0.15, 0.2) is 0 Å². The maximum absolute atomic E-state index is 13.4. The van der Waals surface area contributed by atoms with Crippen molar-refractivity contribution in [3.63, 3.8) is 0 Å². The number of amides is 3. The zero-order valence-electron chi connectivity index (χ0n) is 18.1. The van der Waals surface area contributed by atoms with E-state index in [1.54, 1.807) is 4.90 Å². The summed E-state index contributed by atoms with van der Waals surface area (Å²) in [5.74, 6) is -2.80. The summed E-state index contributed by atoms with van der Waals surface area (Å²) in [5, 5.41) is 2.66. The minimum atomic E-state index is -1.06. The summed E-state index contributed by atoms with van der Waals surface area (Å²) in [4.78, 5) is 55.4. The second-order valence-corrected chi connectivity index (χ2v) is 10.6. The van der Waals surface area contributed by atoms with E-state index in [2.05, 4.69) is 17.0 Å². The zero-order valence-corrected chi connectivity index (χ0v) is 19.6. The minimum absolute atomic E-state index is 0.0643. The maximum Gasteiger partial charge on any atom is 0.314 e. The van der Waals surface area contributed by atoms with Crippen LogP contribution in [0.2, 0.25) is 0 Å². The number of Topliss-reactive ketones (excluding diaryl/α,β-unsaturated/α-hetero) is 1. The largest absolute Gasteiger partial charge is 0.344 e. The van der Waals surface area contributed by atoms with Crippen molar-refractivity contribution in [1.82, 2.24) is 10.2 Å². The number of nitrogens with one attached hydrogen (secondary N) is 1. The van der Waals surface area contributed by atoms with Crippen LogP contribution in [-0.2, 0) is 19.2 Å².